The van der Waals surface area contributed by atoms with Crippen LogP contribution >= 0.6 is 0 Å². The number of hydrogen-bond acceptors (Lipinski definition) is 2. The number of hydrogen-bond donors (Lipinski definition) is 1. The zero-order valence-electron chi connectivity index (χ0n) is 9.56. The topological polar surface area (TPSA) is 46.5 Å². The third-order valence-electron chi connectivity index (χ3n) is 2.40. The molecule has 1 aromatic rings. The van der Waals surface area contributed by atoms with Gasteiger partial charge in [-0.2, -0.15) is 0 Å². The molecule has 0 aliphatic heterocycles. The Labute approximate surface area is 96.1 Å². The summed E-state index contributed by atoms with van der Waals surface area (Å²) in [4.78, 5) is 10.4. The minimum Gasteiger partial charge on any atom is -0.481 e. The fraction of sp³-hybridized carbons (Fsp3) is 0.462. The van der Waals surface area contributed by atoms with E-state index in [-0.39, 0.29) is 12.5 Å². The second-order valence-electron chi connectivity index (χ2n) is 3.64. The van der Waals surface area contributed by atoms with Gasteiger partial charge in [-0.1, -0.05) is 30.3 Å². The van der Waals surface area contributed by atoms with Gasteiger partial charge in [0.1, 0.15) is 0 Å². The van der Waals surface area contributed by atoms with E-state index in [1.165, 1.54) is 0 Å². The van der Waals surface area contributed by atoms with Crippen molar-refractivity contribution >= 4 is 5.97 Å². The normalized spacial score (nSPS) is 12.3. The summed E-state index contributed by atoms with van der Waals surface area (Å²) in [6.07, 6.45) is 1.63. The van der Waals surface area contributed by atoms with Gasteiger partial charge in [0.2, 0.25) is 0 Å². The summed E-state index contributed by atoms with van der Waals surface area (Å²) in [7, 11) is 0. The van der Waals surface area contributed by atoms with Gasteiger partial charge in [-0.15, -0.1) is 0 Å². The Morgan fingerprint density at radius 2 is 2.06 bits per heavy atom. The molecule has 1 aromatic carbocycles. The van der Waals surface area contributed by atoms with E-state index in [4.69, 9.17) is 9.84 Å². The Bertz CT molecular complexity index is 308. The van der Waals surface area contributed by atoms with Crippen LogP contribution < -0.4 is 0 Å². The van der Waals surface area contributed by atoms with E-state index in [2.05, 4.69) is 0 Å². The maximum absolute atomic E-state index is 10.4. The average Bonchev–Trinajstić information content (AvgIpc) is 2.29. The van der Waals surface area contributed by atoms with Gasteiger partial charge in [0.25, 0.3) is 0 Å². The highest BCUT2D eigenvalue weighted by molar-refractivity contribution is 5.66. The van der Waals surface area contributed by atoms with Crippen molar-refractivity contribution in [1.82, 2.24) is 0 Å². The monoisotopic (exact) mass is 222 g/mol. The fourth-order valence-electron chi connectivity index (χ4n) is 1.65. The molecule has 1 N–H and O–H groups in total. The third-order valence-corrected chi connectivity index (χ3v) is 2.40. The summed E-state index contributed by atoms with van der Waals surface area (Å²) in [6.45, 7) is 2.60. The average molecular weight is 222 g/mol. The molecule has 0 fully saturated rings. The predicted molar refractivity (Wildman–Crippen MR) is 62.3 cm³/mol. The molecule has 88 valence electrons. The number of benzene rings is 1. The maximum Gasteiger partial charge on any atom is 0.303 e. The van der Waals surface area contributed by atoms with Crippen molar-refractivity contribution in [3.05, 3.63) is 35.9 Å². The minimum atomic E-state index is -0.747. The lowest BCUT2D eigenvalue weighted by Crippen LogP contribution is -2.05. The van der Waals surface area contributed by atoms with Crippen LogP contribution in [0.15, 0.2) is 30.3 Å². The molecule has 3 nitrogen and oxygen atoms in total. The number of ether oxygens (including phenoxy) is 1. The lowest BCUT2D eigenvalue weighted by molar-refractivity contribution is -0.137. The summed E-state index contributed by atoms with van der Waals surface area (Å²) >= 11 is 0. The lowest BCUT2D eigenvalue weighted by Gasteiger charge is -2.16. The zero-order valence-corrected chi connectivity index (χ0v) is 9.56. The first-order valence-corrected chi connectivity index (χ1v) is 5.62. The van der Waals surface area contributed by atoms with Crippen molar-refractivity contribution in [2.75, 3.05) is 6.61 Å². The second kappa shape index (κ2) is 7.01. The molecule has 3 heteroatoms. The van der Waals surface area contributed by atoms with Gasteiger partial charge in [0.05, 0.1) is 6.10 Å². The standard InChI is InChI=1S/C13H18O3/c1-2-16-12(9-6-10-13(14)15)11-7-4-3-5-8-11/h3-5,7-8,12H,2,6,9-10H2,1H3,(H,14,15). The van der Waals surface area contributed by atoms with E-state index < -0.39 is 5.97 Å². The van der Waals surface area contributed by atoms with Crippen LogP contribution in [0.2, 0.25) is 0 Å². The molecule has 1 unspecified atom stereocenters. The SMILES string of the molecule is CCOC(CCCC(=O)O)c1ccccc1. The summed E-state index contributed by atoms with van der Waals surface area (Å²) < 4.78 is 5.62. The molecule has 0 saturated heterocycles. The zero-order chi connectivity index (χ0) is 11.8. The molecule has 16 heavy (non-hydrogen) atoms. The Balaban J connectivity index is 2.51. The Morgan fingerprint density at radius 1 is 1.38 bits per heavy atom. The highest BCUT2D eigenvalue weighted by atomic mass is 16.5. The first-order chi connectivity index (χ1) is 7.74. The Hall–Kier alpha value is -1.35. The van der Waals surface area contributed by atoms with Crippen LogP contribution in [0.3, 0.4) is 0 Å². The third kappa shape index (κ3) is 4.45. The van der Waals surface area contributed by atoms with Crippen LogP contribution in [0.1, 0.15) is 37.9 Å². The van der Waals surface area contributed by atoms with Crippen molar-refractivity contribution in [2.24, 2.45) is 0 Å². The molecule has 0 saturated carbocycles. The molecule has 0 heterocycles. The van der Waals surface area contributed by atoms with E-state index in [1.54, 1.807) is 0 Å². The van der Waals surface area contributed by atoms with E-state index in [0.717, 1.165) is 12.0 Å². The molecule has 1 atom stereocenters. The van der Waals surface area contributed by atoms with Crippen LogP contribution in [0.4, 0.5) is 0 Å². The molecule has 0 aliphatic rings. The maximum atomic E-state index is 10.4. The molecular formula is C13H18O3. The van der Waals surface area contributed by atoms with Gasteiger partial charge in [-0.3, -0.25) is 4.79 Å². The molecule has 1 rings (SSSR count). The van der Waals surface area contributed by atoms with E-state index in [9.17, 15) is 4.79 Å². The summed E-state index contributed by atoms with van der Waals surface area (Å²) in [6, 6.07) is 9.93. The lowest BCUT2D eigenvalue weighted by atomic mass is 10.0. The molecule has 0 spiro atoms. The van der Waals surface area contributed by atoms with Crippen molar-refractivity contribution in [3.63, 3.8) is 0 Å². The van der Waals surface area contributed by atoms with Crippen LogP contribution in [0.5, 0.6) is 0 Å². The number of carboxylic acid groups (broad SMARTS) is 1. The van der Waals surface area contributed by atoms with Gasteiger partial charge >= 0.3 is 5.97 Å². The summed E-state index contributed by atoms with van der Waals surface area (Å²) in [5.74, 6) is -0.747. The molecule has 0 aromatic heterocycles. The van der Waals surface area contributed by atoms with E-state index in [0.29, 0.717) is 13.0 Å². The number of aliphatic carboxylic acids is 1. The van der Waals surface area contributed by atoms with Gasteiger partial charge < -0.3 is 9.84 Å². The van der Waals surface area contributed by atoms with Gasteiger partial charge in [0.15, 0.2) is 0 Å². The van der Waals surface area contributed by atoms with E-state index in [1.807, 2.05) is 37.3 Å². The van der Waals surface area contributed by atoms with E-state index >= 15 is 0 Å². The molecule has 0 bridgehead atoms. The van der Waals surface area contributed by atoms with Gasteiger partial charge in [-0.25, -0.2) is 0 Å². The van der Waals surface area contributed by atoms with Gasteiger partial charge in [0, 0.05) is 13.0 Å². The predicted octanol–water partition coefficient (Wildman–Crippen LogP) is 3.02. The summed E-state index contributed by atoms with van der Waals surface area (Å²) in [5, 5.41) is 8.59. The smallest absolute Gasteiger partial charge is 0.303 e. The first-order valence-electron chi connectivity index (χ1n) is 5.62. The van der Waals surface area contributed by atoms with Crippen LogP contribution in [-0.2, 0) is 9.53 Å². The van der Waals surface area contributed by atoms with Gasteiger partial charge in [-0.05, 0) is 25.3 Å². The molecule has 0 radical (unpaired) electrons. The van der Waals surface area contributed by atoms with Crippen molar-refractivity contribution in [3.8, 4) is 0 Å². The fourth-order valence-corrected chi connectivity index (χ4v) is 1.65. The Kier molecular flexibility index (Phi) is 5.57. The first kappa shape index (κ1) is 12.7. The second-order valence-corrected chi connectivity index (χ2v) is 3.64. The number of rotatable bonds is 7. The Morgan fingerprint density at radius 3 is 2.62 bits per heavy atom. The highest BCUT2D eigenvalue weighted by Crippen LogP contribution is 2.23. The molecular weight excluding hydrogens is 204 g/mol. The van der Waals surface area contributed by atoms with Crippen LogP contribution in [0.25, 0.3) is 0 Å². The number of carbonyl (C=O) groups is 1. The summed E-state index contributed by atoms with van der Waals surface area (Å²) in [5.41, 5.74) is 1.12. The number of carboxylic acids is 1. The molecule has 0 aliphatic carbocycles. The van der Waals surface area contributed by atoms with Crippen molar-refractivity contribution in [1.29, 1.82) is 0 Å². The van der Waals surface area contributed by atoms with Crippen LogP contribution in [-0.4, -0.2) is 17.7 Å². The van der Waals surface area contributed by atoms with Crippen molar-refractivity contribution < 1.29 is 14.6 Å². The highest BCUT2D eigenvalue weighted by Gasteiger charge is 2.11. The largest absolute Gasteiger partial charge is 0.481 e. The molecule has 0 amide bonds. The van der Waals surface area contributed by atoms with Crippen LogP contribution in [0, 0.1) is 0 Å². The van der Waals surface area contributed by atoms with Crippen molar-refractivity contribution in [2.45, 2.75) is 32.3 Å². The minimum absolute atomic E-state index is 0.0190. The quantitative estimate of drug-likeness (QED) is 0.771.